The molecule has 1 aromatic rings. The fourth-order valence-corrected chi connectivity index (χ4v) is 2.68. The molecular weight excluding hydrogens is 266 g/mol. The molecule has 1 fully saturated rings. The number of anilines is 1. The van der Waals surface area contributed by atoms with Gasteiger partial charge in [0.15, 0.2) is 0 Å². The molecule has 6 heteroatoms. The van der Waals surface area contributed by atoms with E-state index in [1.807, 2.05) is 17.0 Å². The topological polar surface area (TPSA) is 84.1 Å². The van der Waals surface area contributed by atoms with Crippen LogP contribution in [0.5, 0.6) is 0 Å². The quantitative estimate of drug-likeness (QED) is 0.853. The molecule has 2 heterocycles. The summed E-state index contributed by atoms with van der Waals surface area (Å²) in [5.41, 5.74) is 5.98. The van der Waals surface area contributed by atoms with Crippen molar-refractivity contribution >= 4 is 11.7 Å². The Morgan fingerprint density at radius 3 is 2.76 bits per heavy atom. The van der Waals surface area contributed by atoms with E-state index in [1.165, 1.54) is 0 Å². The number of carbonyl (C=O) groups excluding carboxylic acids is 1. The summed E-state index contributed by atoms with van der Waals surface area (Å²) in [5.74, 6) is 1.32. The second-order valence-electron chi connectivity index (χ2n) is 6.09. The highest BCUT2D eigenvalue weighted by atomic mass is 16.2. The Labute approximate surface area is 126 Å². The van der Waals surface area contributed by atoms with E-state index in [1.54, 1.807) is 6.20 Å². The first-order valence-electron chi connectivity index (χ1n) is 7.65. The van der Waals surface area contributed by atoms with Gasteiger partial charge in [-0.25, -0.2) is 0 Å². The summed E-state index contributed by atoms with van der Waals surface area (Å²) in [4.78, 5) is 14.1. The predicted octanol–water partition coefficient (Wildman–Crippen LogP) is 1.25. The van der Waals surface area contributed by atoms with Gasteiger partial charge in [-0.1, -0.05) is 13.8 Å². The molecule has 6 nitrogen and oxygen atoms in total. The van der Waals surface area contributed by atoms with Crippen LogP contribution in [-0.4, -0.2) is 46.2 Å². The number of rotatable bonds is 5. The minimum atomic E-state index is -0.366. The van der Waals surface area contributed by atoms with Crippen LogP contribution in [0.1, 0.15) is 33.1 Å². The maximum Gasteiger partial charge on any atom is 0.239 e. The molecule has 3 N–H and O–H groups in total. The van der Waals surface area contributed by atoms with Crippen LogP contribution < -0.4 is 11.1 Å². The zero-order valence-corrected chi connectivity index (χ0v) is 12.8. The molecule has 0 spiro atoms. The number of carbonyl (C=O) groups is 1. The Bertz CT molecular complexity index is 443. The summed E-state index contributed by atoms with van der Waals surface area (Å²) in [6, 6.07) is 3.74. The van der Waals surface area contributed by atoms with Crippen LogP contribution >= 0.6 is 0 Å². The predicted molar refractivity (Wildman–Crippen MR) is 82.7 cm³/mol. The highest BCUT2D eigenvalue weighted by Crippen LogP contribution is 2.16. The first-order valence-corrected chi connectivity index (χ1v) is 7.65. The van der Waals surface area contributed by atoms with Crippen LogP contribution in [-0.2, 0) is 4.79 Å². The lowest BCUT2D eigenvalue weighted by Gasteiger charge is -2.34. The van der Waals surface area contributed by atoms with Crippen molar-refractivity contribution in [1.82, 2.24) is 15.1 Å². The van der Waals surface area contributed by atoms with Gasteiger partial charge < -0.3 is 16.0 Å². The average molecular weight is 291 g/mol. The molecule has 2 rings (SSSR count). The van der Waals surface area contributed by atoms with Gasteiger partial charge in [0.2, 0.25) is 5.91 Å². The Balaban J connectivity index is 1.79. The molecule has 1 aliphatic rings. The van der Waals surface area contributed by atoms with Crippen molar-refractivity contribution in [3.63, 3.8) is 0 Å². The SMILES string of the molecule is CC(C)C[C@H](N)C(=O)N1CCC(Nc2cccnn2)CC1. The van der Waals surface area contributed by atoms with Crippen molar-refractivity contribution in [3.05, 3.63) is 18.3 Å². The zero-order chi connectivity index (χ0) is 15.2. The minimum absolute atomic E-state index is 0.0849. The Hall–Kier alpha value is -1.69. The van der Waals surface area contributed by atoms with Gasteiger partial charge in [0.1, 0.15) is 5.82 Å². The second kappa shape index (κ2) is 7.36. The van der Waals surface area contributed by atoms with Crippen LogP contribution in [0.15, 0.2) is 18.3 Å². The van der Waals surface area contributed by atoms with Gasteiger partial charge in [0.25, 0.3) is 0 Å². The number of nitrogens with zero attached hydrogens (tertiary/aromatic N) is 3. The van der Waals surface area contributed by atoms with Crippen molar-refractivity contribution in [3.8, 4) is 0 Å². The van der Waals surface area contributed by atoms with Crippen LogP contribution in [0.4, 0.5) is 5.82 Å². The third-order valence-electron chi connectivity index (χ3n) is 3.77. The highest BCUT2D eigenvalue weighted by molar-refractivity contribution is 5.81. The number of piperidine rings is 1. The van der Waals surface area contributed by atoms with Gasteiger partial charge in [-0.3, -0.25) is 4.79 Å². The number of aromatic nitrogens is 2. The molecule has 0 bridgehead atoms. The number of amides is 1. The molecule has 1 aromatic heterocycles. The summed E-state index contributed by atoms with van der Waals surface area (Å²) in [7, 11) is 0. The summed E-state index contributed by atoms with van der Waals surface area (Å²) in [6.45, 7) is 5.68. The normalized spacial score (nSPS) is 17.8. The lowest BCUT2D eigenvalue weighted by atomic mass is 10.0. The standard InChI is InChI=1S/C15H25N5O/c1-11(2)10-13(16)15(21)20-8-5-12(6-9-20)18-14-4-3-7-17-19-14/h3-4,7,11-13H,5-6,8-10,16H2,1-2H3,(H,18,19)/t13-/m0/s1. The number of likely N-dealkylation sites (tertiary alicyclic amines) is 1. The average Bonchev–Trinajstić information content (AvgIpc) is 2.47. The molecule has 0 aromatic carbocycles. The largest absolute Gasteiger partial charge is 0.366 e. The van der Waals surface area contributed by atoms with E-state index in [9.17, 15) is 4.79 Å². The van der Waals surface area contributed by atoms with Gasteiger partial charge in [-0.05, 0) is 37.3 Å². The van der Waals surface area contributed by atoms with E-state index >= 15 is 0 Å². The molecule has 0 radical (unpaired) electrons. The lowest BCUT2D eigenvalue weighted by Crippen LogP contribution is -2.49. The molecule has 1 amide bonds. The van der Waals surface area contributed by atoms with E-state index in [0.717, 1.165) is 38.2 Å². The maximum atomic E-state index is 12.3. The van der Waals surface area contributed by atoms with Crippen molar-refractivity contribution in [2.75, 3.05) is 18.4 Å². The number of nitrogens with one attached hydrogen (secondary N) is 1. The second-order valence-corrected chi connectivity index (χ2v) is 6.09. The van der Waals surface area contributed by atoms with Crippen molar-refractivity contribution < 1.29 is 4.79 Å². The van der Waals surface area contributed by atoms with Crippen molar-refractivity contribution in [2.45, 2.75) is 45.2 Å². The number of nitrogens with two attached hydrogens (primary N) is 1. The fourth-order valence-electron chi connectivity index (χ4n) is 2.68. The van der Waals surface area contributed by atoms with Crippen LogP contribution in [0, 0.1) is 5.92 Å². The monoisotopic (exact) mass is 291 g/mol. The third kappa shape index (κ3) is 4.67. The first kappa shape index (κ1) is 15.7. The molecule has 0 saturated carbocycles. The molecule has 116 valence electrons. The van der Waals surface area contributed by atoms with Gasteiger partial charge in [-0.2, -0.15) is 5.10 Å². The molecule has 0 unspecified atom stereocenters. The number of hydrogen-bond acceptors (Lipinski definition) is 5. The Kier molecular flexibility index (Phi) is 5.50. The maximum absolute atomic E-state index is 12.3. The summed E-state index contributed by atoms with van der Waals surface area (Å²) < 4.78 is 0. The molecule has 1 saturated heterocycles. The smallest absolute Gasteiger partial charge is 0.239 e. The highest BCUT2D eigenvalue weighted by Gasteiger charge is 2.26. The van der Waals surface area contributed by atoms with Gasteiger partial charge in [0, 0.05) is 25.3 Å². The lowest BCUT2D eigenvalue weighted by molar-refractivity contribution is -0.133. The van der Waals surface area contributed by atoms with Crippen LogP contribution in [0.2, 0.25) is 0 Å². The van der Waals surface area contributed by atoms with Gasteiger partial charge in [-0.15, -0.1) is 5.10 Å². The minimum Gasteiger partial charge on any atom is -0.366 e. The fraction of sp³-hybridized carbons (Fsp3) is 0.667. The third-order valence-corrected chi connectivity index (χ3v) is 3.77. The molecule has 0 aliphatic carbocycles. The first-order chi connectivity index (χ1) is 10.1. The zero-order valence-electron chi connectivity index (χ0n) is 12.8. The Morgan fingerprint density at radius 1 is 1.48 bits per heavy atom. The van der Waals surface area contributed by atoms with E-state index in [0.29, 0.717) is 12.0 Å². The van der Waals surface area contributed by atoms with E-state index in [4.69, 9.17) is 5.73 Å². The summed E-state index contributed by atoms with van der Waals surface area (Å²) >= 11 is 0. The van der Waals surface area contributed by atoms with Gasteiger partial charge >= 0.3 is 0 Å². The van der Waals surface area contributed by atoms with E-state index in [-0.39, 0.29) is 11.9 Å². The van der Waals surface area contributed by atoms with Crippen LogP contribution in [0.3, 0.4) is 0 Å². The Morgan fingerprint density at radius 2 is 2.19 bits per heavy atom. The summed E-state index contributed by atoms with van der Waals surface area (Å²) in [5, 5.41) is 11.2. The van der Waals surface area contributed by atoms with E-state index < -0.39 is 0 Å². The van der Waals surface area contributed by atoms with Crippen LogP contribution in [0.25, 0.3) is 0 Å². The molecule has 1 atom stereocenters. The number of hydrogen-bond donors (Lipinski definition) is 2. The molecule has 1 aliphatic heterocycles. The van der Waals surface area contributed by atoms with Crippen molar-refractivity contribution in [2.24, 2.45) is 11.7 Å². The van der Waals surface area contributed by atoms with Gasteiger partial charge in [0.05, 0.1) is 6.04 Å². The van der Waals surface area contributed by atoms with Crippen molar-refractivity contribution in [1.29, 1.82) is 0 Å². The summed E-state index contributed by atoms with van der Waals surface area (Å²) in [6.07, 6.45) is 4.23. The van der Waals surface area contributed by atoms with E-state index in [2.05, 4.69) is 29.4 Å². The molecule has 21 heavy (non-hydrogen) atoms. The molecular formula is C15H25N5O.